The number of phenols is 1. The van der Waals surface area contributed by atoms with Crippen LogP contribution in [0.15, 0.2) is 124 Å². The molecule has 11 N–H and O–H groups in total. The third kappa shape index (κ3) is 9.70. The van der Waals surface area contributed by atoms with E-state index in [1.165, 1.54) is 16.7 Å². The molecule has 12 aliphatic rings. The van der Waals surface area contributed by atoms with Crippen LogP contribution in [0.2, 0.25) is 0 Å². The number of dihydropyridines is 2. The number of carbonyl (C=O) groups excluding carboxylic acids is 3. The van der Waals surface area contributed by atoms with E-state index in [0.717, 1.165) is 85.9 Å². The Hall–Kier alpha value is -5.65. The summed E-state index contributed by atoms with van der Waals surface area (Å²) in [6, 6.07) is 13.1. The lowest BCUT2D eigenvalue weighted by Crippen LogP contribution is -2.68. The molecule has 11 bridgehead atoms. The molecule has 0 amide bonds. The second kappa shape index (κ2) is 22.9. The summed E-state index contributed by atoms with van der Waals surface area (Å²) in [7, 11) is 1.96. The molecule has 15 nitrogen and oxygen atoms in total. The van der Waals surface area contributed by atoms with Gasteiger partial charge in [0, 0.05) is 60.2 Å². The monoisotopic (exact) mass is 1200 g/mol. The van der Waals surface area contributed by atoms with Crippen molar-refractivity contribution in [1.82, 2.24) is 26.6 Å². The number of hydrogen-bond donors (Lipinski definition) is 10. The zero-order chi connectivity index (χ0) is 61.1. The van der Waals surface area contributed by atoms with Crippen LogP contribution in [0.5, 0.6) is 5.75 Å². The Bertz CT molecular complexity index is 3400. The van der Waals surface area contributed by atoms with Gasteiger partial charge in [-0.25, -0.2) is 4.79 Å². The van der Waals surface area contributed by atoms with Gasteiger partial charge >= 0.3 is 5.97 Å². The molecule has 3 saturated carbocycles. The third-order valence-electron chi connectivity index (χ3n) is 24.7. The average molecular weight is 1200 g/mol. The molecule has 0 aromatic heterocycles. The first-order chi connectivity index (χ1) is 42.5. The molecular formula is C73H94N6O9. The van der Waals surface area contributed by atoms with E-state index in [0.29, 0.717) is 87.9 Å². The average Bonchev–Trinajstić information content (AvgIpc) is 1.47. The zero-order valence-electron chi connectivity index (χ0n) is 52.1. The molecule has 88 heavy (non-hydrogen) atoms. The standard InChI is InChI=1S/C73H94N6O9/c1-5-78-71-35-47-14-8-12-44-11-6-7-24-69(3)32-43-27-56(66(74)77-38-43)54(46-13-9-16-50(82)28-46)30-58-57(37-71)55(31-60(83)70(58)25-22-42(33-70)39-80)63(59(71)29-53(44)47)87-68(86)73-65(85)62-48(34-69)15-10-17-52(62)64(84)72(73,88-73)36-49(40-81)41(2)18-19-45-23-26-76-67-51(45)20-21-61(75-4)79-67/h8-10,13-17,23,27-28,35,38,42,44,53-55,57-61,63,66,75-83H,5-7,11-12,18-22,24-26,29-34,36-37,39-40,74H2,1-4H3. The molecule has 14 rings (SSSR count). The Kier molecular flexibility index (Phi) is 15.6. The Labute approximate surface area is 519 Å². The van der Waals surface area contributed by atoms with Crippen molar-refractivity contribution in [2.75, 3.05) is 33.4 Å². The molecule has 2 aromatic carbocycles. The number of esters is 1. The number of phenolic OH excluding ortho intramolecular Hbond substituents is 1. The van der Waals surface area contributed by atoms with Gasteiger partial charge in [0.25, 0.3) is 5.60 Å². The number of Topliss-reactive ketones (excluding diaryl/α,β-unsaturated/α-hetero) is 2. The summed E-state index contributed by atoms with van der Waals surface area (Å²) in [5.74, 6) is -1.51. The van der Waals surface area contributed by atoms with Crippen molar-refractivity contribution >= 4 is 17.5 Å². The molecule has 2 spiro atoms. The molecule has 15 heteroatoms. The Morgan fingerprint density at radius 1 is 0.955 bits per heavy atom. The van der Waals surface area contributed by atoms with Gasteiger partial charge in [0.05, 0.1) is 25.0 Å². The van der Waals surface area contributed by atoms with E-state index in [1.807, 2.05) is 44.4 Å². The molecule has 0 radical (unpaired) electrons. The van der Waals surface area contributed by atoms with Crippen LogP contribution in [0.25, 0.3) is 0 Å². The second-order valence-electron chi connectivity index (χ2n) is 29.5. The van der Waals surface area contributed by atoms with E-state index >= 15 is 14.4 Å². The normalized spacial score (nSPS) is 40.0. The number of epoxide rings is 1. The second-order valence-corrected chi connectivity index (χ2v) is 29.5. The van der Waals surface area contributed by atoms with Gasteiger partial charge in [-0.15, -0.1) is 0 Å². The van der Waals surface area contributed by atoms with Crippen molar-refractivity contribution in [3.8, 4) is 5.75 Å². The van der Waals surface area contributed by atoms with Gasteiger partial charge in [-0.3, -0.25) is 9.59 Å². The van der Waals surface area contributed by atoms with Crippen molar-refractivity contribution in [2.24, 2.45) is 58.0 Å². The summed E-state index contributed by atoms with van der Waals surface area (Å²) >= 11 is 0. The number of likely N-dealkylation sites (N-methyl/N-ethyl adjacent to an activating group) is 1. The fraction of sp³-hybridized carbons (Fsp3) is 0.603. The van der Waals surface area contributed by atoms with E-state index in [-0.39, 0.29) is 77.5 Å². The highest BCUT2D eigenvalue weighted by Gasteiger charge is 2.86. The highest BCUT2D eigenvalue weighted by atomic mass is 16.7. The van der Waals surface area contributed by atoms with Crippen LogP contribution < -0.4 is 32.3 Å². The van der Waals surface area contributed by atoms with Crippen molar-refractivity contribution < 1.29 is 44.3 Å². The lowest BCUT2D eigenvalue weighted by Gasteiger charge is -2.63. The van der Waals surface area contributed by atoms with Gasteiger partial charge in [0.15, 0.2) is 11.4 Å². The number of ketones is 2. The molecule has 17 atom stereocenters. The number of benzene rings is 2. The van der Waals surface area contributed by atoms with Crippen LogP contribution in [0, 0.1) is 52.3 Å². The summed E-state index contributed by atoms with van der Waals surface area (Å²) in [5, 5.41) is 65.6. The minimum absolute atomic E-state index is 0.0107. The van der Waals surface area contributed by atoms with Gasteiger partial charge in [-0.2, -0.15) is 0 Å². The Morgan fingerprint density at radius 2 is 1.81 bits per heavy atom. The number of aliphatic hydroxyl groups is 3. The molecule has 1 saturated heterocycles. The van der Waals surface area contributed by atoms with Gasteiger partial charge in [0.1, 0.15) is 17.7 Å². The maximum absolute atomic E-state index is 16.8. The number of nitrogens with one attached hydrogen (secondary N) is 5. The zero-order valence-corrected chi connectivity index (χ0v) is 52.1. The number of ether oxygens (including phenoxy) is 2. The highest BCUT2D eigenvalue weighted by molar-refractivity contribution is 6.33. The first-order valence-corrected chi connectivity index (χ1v) is 33.7. The fourth-order valence-corrected chi connectivity index (χ4v) is 20.4. The van der Waals surface area contributed by atoms with Crippen LogP contribution >= 0.6 is 0 Å². The maximum atomic E-state index is 16.8. The predicted octanol–water partition coefficient (Wildman–Crippen LogP) is 9.02. The number of hydrogen-bond acceptors (Lipinski definition) is 15. The minimum Gasteiger partial charge on any atom is -0.508 e. The number of nitrogens with two attached hydrogens (primary N) is 1. The number of aliphatic hydroxyl groups excluding tert-OH is 3. The van der Waals surface area contributed by atoms with Crippen molar-refractivity contribution in [1.29, 1.82) is 0 Å². The van der Waals surface area contributed by atoms with Gasteiger partial charge in [-0.05, 0) is 220 Å². The molecule has 470 valence electrons. The minimum atomic E-state index is -2.35. The summed E-state index contributed by atoms with van der Waals surface area (Å²) in [5.41, 5.74) is 10.5. The van der Waals surface area contributed by atoms with Gasteiger partial charge in [0.2, 0.25) is 5.78 Å². The molecule has 2 aromatic rings. The molecule has 6 heterocycles. The van der Waals surface area contributed by atoms with E-state index in [1.54, 1.807) is 12.1 Å². The van der Waals surface area contributed by atoms with Crippen LogP contribution in [-0.2, 0) is 20.7 Å². The van der Waals surface area contributed by atoms with Crippen LogP contribution in [-0.4, -0.2) is 113 Å². The lowest BCUT2D eigenvalue weighted by atomic mass is 9.45. The van der Waals surface area contributed by atoms with E-state index < -0.39 is 70.1 Å². The van der Waals surface area contributed by atoms with Crippen molar-refractivity contribution in [3.63, 3.8) is 0 Å². The molecular weight excluding hydrogens is 1100 g/mol. The molecule has 17 unspecified atom stereocenters. The van der Waals surface area contributed by atoms with Gasteiger partial charge < -0.3 is 62.2 Å². The number of fused-ring (bicyclic) bond motifs is 4. The Balaban J connectivity index is 0.961. The maximum Gasteiger partial charge on any atom is 0.350 e. The highest BCUT2D eigenvalue weighted by Crippen LogP contribution is 2.67. The number of rotatable bonds is 11. The summed E-state index contributed by atoms with van der Waals surface area (Å²) < 4.78 is 14.5. The molecule has 6 aliphatic carbocycles. The van der Waals surface area contributed by atoms with Crippen LogP contribution in [0.1, 0.15) is 174 Å². The SMILES string of the molecule is CCNC12C=C3C=CCC4CCCCC5(C)CC6=CNC(N)C(=C6)C(c6cccc(O)c6)CC6C(C1)C(CC(O)C61CCC(CO)C1)C(OC(=O)C16OC1(CC(CO)=C(C)CCC1=CCNC7=C1CCC(NC)N7)C(=O)c1cccc(c1C6=O)C5)C2CC34. The lowest BCUT2D eigenvalue weighted by molar-refractivity contribution is -0.198. The number of allylic oxidation sites excluding steroid dienone is 8. The topological polar surface area (TPSA) is 240 Å². The molecule has 6 aliphatic heterocycles. The molecule has 4 fully saturated rings. The summed E-state index contributed by atoms with van der Waals surface area (Å²) in [6.45, 7) is 7.37. The summed E-state index contributed by atoms with van der Waals surface area (Å²) in [4.78, 5) is 49.5. The predicted molar refractivity (Wildman–Crippen MR) is 337 cm³/mol. The quantitative estimate of drug-likeness (QED) is 0.0437. The largest absolute Gasteiger partial charge is 0.508 e. The van der Waals surface area contributed by atoms with Crippen molar-refractivity contribution in [2.45, 2.75) is 190 Å². The number of aromatic hydroxyl groups is 1. The summed E-state index contributed by atoms with van der Waals surface area (Å²) in [6.07, 6.45) is 24.9. The third-order valence-corrected chi connectivity index (χ3v) is 24.7. The first kappa shape index (κ1) is 59.9. The van der Waals surface area contributed by atoms with Crippen LogP contribution in [0.3, 0.4) is 0 Å². The smallest absolute Gasteiger partial charge is 0.350 e. The van der Waals surface area contributed by atoms with Crippen LogP contribution in [0.4, 0.5) is 0 Å². The van der Waals surface area contributed by atoms with Gasteiger partial charge in [-0.1, -0.05) is 93.0 Å². The Morgan fingerprint density at radius 3 is 2.60 bits per heavy atom. The fourth-order valence-electron chi connectivity index (χ4n) is 20.4. The first-order valence-electron chi connectivity index (χ1n) is 33.7. The van der Waals surface area contributed by atoms with E-state index in [2.05, 4.69) is 76.9 Å². The van der Waals surface area contributed by atoms with Crippen molar-refractivity contribution in [3.05, 3.63) is 146 Å². The van der Waals surface area contributed by atoms with E-state index in [9.17, 15) is 20.4 Å². The van der Waals surface area contributed by atoms with E-state index in [4.69, 9.17) is 15.2 Å². The number of carbonyl (C=O) groups is 3.